The number of hydrogen-bond acceptors (Lipinski definition) is 4. The van der Waals surface area contributed by atoms with E-state index in [1.807, 2.05) is 0 Å². The lowest BCUT2D eigenvalue weighted by molar-refractivity contribution is 0.0219. The third kappa shape index (κ3) is 4.27. The Hall–Kier alpha value is -2.90. The SMILES string of the molecule is CC(C)(C)OC(=O)N1CCc2c(C(=O)O)nn(Cc3ccc(F)cc3)c2C1. The number of carbonyl (C=O) groups is 2. The van der Waals surface area contributed by atoms with Gasteiger partial charge in [-0.05, 0) is 44.9 Å². The smallest absolute Gasteiger partial charge is 0.410 e. The first-order valence-electron chi connectivity index (χ1n) is 8.68. The van der Waals surface area contributed by atoms with E-state index in [-0.39, 0.29) is 24.6 Å². The Kier molecular flexibility index (Phi) is 4.91. The highest BCUT2D eigenvalue weighted by Crippen LogP contribution is 2.25. The van der Waals surface area contributed by atoms with E-state index in [1.165, 1.54) is 12.1 Å². The molecule has 8 heteroatoms. The highest BCUT2D eigenvalue weighted by molar-refractivity contribution is 5.87. The van der Waals surface area contributed by atoms with E-state index in [2.05, 4.69) is 5.10 Å². The van der Waals surface area contributed by atoms with Crippen molar-refractivity contribution in [1.29, 1.82) is 0 Å². The van der Waals surface area contributed by atoms with Crippen LogP contribution in [-0.4, -0.2) is 44.0 Å². The molecule has 0 saturated heterocycles. The minimum atomic E-state index is -1.10. The highest BCUT2D eigenvalue weighted by Gasteiger charge is 2.31. The lowest BCUT2D eigenvalue weighted by Gasteiger charge is -2.30. The summed E-state index contributed by atoms with van der Waals surface area (Å²) in [5.41, 5.74) is 1.46. The summed E-state index contributed by atoms with van der Waals surface area (Å²) in [6.45, 7) is 6.25. The Morgan fingerprint density at radius 1 is 1.26 bits per heavy atom. The van der Waals surface area contributed by atoms with Gasteiger partial charge in [-0.25, -0.2) is 14.0 Å². The maximum atomic E-state index is 13.1. The molecule has 0 saturated carbocycles. The molecule has 7 nitrogen and oxygen atoms in total. The molecule has 0 aliphatic carbocycles. The van der Waals surface area contributed by atoms with E-state index in [0.29, 0.717) is 24.2 Å². The van der Waals surface area contributed by atoms with Crippen LogP contribution in [0.5, 0.6) is 0 Å². The van der Waals surface area contributed by atoms with Crippen LogP contribution >= 0.6 is 0 Å². The van der Waals surface area contributed by atoms with Crippen molar-refractivity contribution >= 4 is 12.1 Å². The van der Waals surface area contributed by atoms with Crippen molar-refractivity contribution in [2.75, 3.05) is 6.54 Å². The fourth-order valence-corrected chi connectivity index (χ4v) is 3.03. The largest absolute Gasteiger partial charge is 0.476 e. The second-order valence-electron chi connectivity index (χ2n) is 7.52. The molecule has 1 aliphatic rings. The van der Waals surface area contributed by atoms with Crippen LogP contribution in [0.3, 0.4) is 0 Å². The fourth-order valence-electron chi connectivity index (χ4n) is 3.03. The van der Waals surface area contributed by atoms with Crippen molar-refractivity contribution in [2.45, 2.75) is 45.9 Å². The van der Waals surface area contributed by atoms with Crippen LogP contribution in [0.25, 0.3) is 0 Å². The number of carboxylic acids is 1. The molecule has 2 heterocycles. The number of nitrogens with zero attached hydrogens (tertiary/aromatic N) is 3. The van der Waals surface area contributed by atoms with Gasteiger partial charge in [-0.15, -0.1) is 0 Å². The van der Waals surface area contributed by atoms with Crippen LogP contribution < -0.4 is 0 Å². The Balaban J connectivity index is 1.89. The van der Waals surface area contributed by atoms with Crippen molar-refractivity contribution in [1.82, 2.24) is 14.7 Å². The third-order valence-electron chi connectivity index (χ3n) is 4.24. The predicted octanol–water partition coefficient (Wildman–Crippen LogP) is 3.06. The topological polar surface area (TPSA) is 84.7 Å². The van der Waals surface area contributed by atoms with Gasteiger partial charge in [0.05, 0.1) is 18.8 Å². The molecule has 1 amide bonds. The molecule has 3 rings (SSSR count). The Labute approximate surface area is 156 Å². The number of aromatic nitrogens is 2. The minimum absolute atomic E-state index is 0.00375. The molecule has 0 fully saturated rings. The zero-order valence-corrected chi connectivity index (χ0v) is 15.5. The first-order chi connectivity index (χ1) is 12.6. The molecular weight excluding hydrogens is 353 g/mol. The summed E-state index contributed by atoms with van der Waals surface area (Å²) in [6, 6.07) is 5.93. The zero-order chi connectivity index (χ0) is 19.8. The van der Waals surface area contributed by atoms with Crippen molar-refractivity contribution < 1.29 is 23.8 Å². The number of rotatable bonds is 3. The summed E-state index contributed by atoms with van der Waals surface area (Å²) in [4.78, 5) is 25.5. The number of ether oxygens (including phenoxy) is 1. The summed E-state index contributed by atoms with van der Waals surface area (Å²) in [5.74, 6) is -1.45. The number of hydrogen-bond donors (Lipinski definition) is 1. The van der Waals surface area contributed by atoms with Gasteiger partial charge in [0.1, 0.15) is 11.4 Å². The molecule has 0 bridgehead atoms. The molecule has 0 radical (unpaired) electrons. The normalized spacial score (nSPS) is 14.0. The van der Waals surface area contributed by atoms with Crippen LogP contribution in [0.2, 0.25) is 0 Å². The highest BCUT2D eigenvalue weighted by atomic mass is 19.1. The first kappa shape index (κ1) is 18.9. The summed E-state index contributed by atoms with van der Waals surface area (Å²) in [6.07, 6.45) is -0.0563. The molecule has 1 aliphatic heterocycles. The fraction of sp³-hybridized carbons (Fsp3) is 0.421. The number of carboxylic acid groups (broad SMARTS) is 1. The molecule has 1 aromatic carbocycles. The predicted molar refractivity (Wildman–Crippen MR) is 95.0 cm³/mol. The van der Waals surface area contributed by atoms with E-state index in [1.54, 1.807) is 42.5 Å². The number of amides is 1. The number of aromatic carboxylic acids is 1. The van der Waals surface area contributed by atoms with E-state index < -0.39 is 17.7 Å². The molecule has 0 spiro atoms. The Morgan fingerprint density at radius 2 is 1.93 bits per heavy atom. The molecule has 27 heavy (non-hydrogen) atoms. The van der Waals surface area contributed by atoms with Crippen LogP contribution in [0.4, 0.5) is 9.18 Å². The number of halogens is 1. The van der Waals surface area contributed by atoms with Crippen molar-refractivity contribution in [3.8, 4) is 0 Å². The molecule has 1 aromatic heterocycles. The standard InChI is InChI=1S/C19H22FN3O4/c1-19(2,3)27-18(26)22-9-8-14-15(11-22)23(21-16(14)17(24)25)10-12-4-6-13(20)7-5-12/h4-7H,8-11H2,1-3H3,(H,24,25). The minimum Gasteiger partial charge on any atom is -0.476 e. The van der Waals surface area contributed by atoms with E-state index in [9.17, 15) is 19.1 Å². The monoisotopic (exact) mass is 375 g/mol. The van der Waals surface area contributed by atoms with Crippen molar-refractivity contribution in [3.05, 3.63) is 52.6 Å². The van der Waals surface area contributed by atoms with Gasteiger partial charge in [-0.1, -0.05) is 12.1 Å². The van der Waals surface area contributed by atoms with Gasteiger partial charge in [0.15, 0.2) is 5.69 Å². The maximum absolute atomic E-state index is 13.1. The lowest BCUT2D eigenvalue weighted by Crippen LogP contribution is -2.40. The molecule has 2 aromatic rings. The molecule has 144 valence electrons. The Morgan fingerprint density at radius 3 is 2.52 bits per heavy atom. The molecule has 0 unspecified atom stereocenters. The van der Waals surface area contributed by atoms with Gasteiger partial charge in [0.2, 0.25) is 0 Å². The van der Waals surface area contributed by atoms with E-state index >= 15 is 0 Å². The zero-order valence-electron chi connectivity index (χ0n) is 15.5. The third-order valence-corrected chi connectivity index (χ3v) is 4.24. The van der Waals surface area contributed by atoms with Gasteiger partial charge in [-0.2, -0.15) is 5.10 Å². The number of carbonyl (C=O) groups excluding carboxylic acids is 1. The van der Waals surface area contributed by atoms with Crippen LogP contribution in [0, 0.1) is 5.82 Å². The second kappa shape index (κ2) is 7.02. The quantitative estimate of drug-likeness (QED) is 0.891. The second-order valence-corrected chi connectivity index (χ2v) is 7.52. The van der Waals surface area contributed by atoms with E-state index in [4.69, 9.17) is 4.74 Å². The number of fused-ring (bicyclic) bond motifs is 1. The van der Waals surface area contributed by atoms with Crippen LogP contribution in [0.15, 0.2) is 24.3 Å². The molecule has 1 N–H and O–H groups in total. The molecular formula is C19H22FN3O4. The van der Waals surface area contributed by atoms with Crippen molar-refractivity contribution in [3.63, 3.8) is 0 Å². The average molecular weight is 375 g/mol. The van der Waals surface area contributed by atoms with Crippen molar-refractivity contribution in [2.24, 2.45) is 0 Å². The van der Waals surface area contributed by atoms with Crippen LogP contribution in [-0.2, 0) is 24.2 Å². The Bertz CT molecular complexity index is 868. The van der Waals surface area contributed by atoms with Gasteiger partial charge < -0.3 is 14.7 Å². The summed E-state index contributed by atoms with van der Waals surface area (Å²) >= 11 is 0. The first-order valence-corrected chi connectivity index (χ1v) is 8.68. The average Bonchev–Trinajstić information content (AvgIpc) is 2.93. The number of benzene rings is 1. The lowest BCUT2D eigenvalue weighted by atomic mass is 10.0. The van der Waals surface area contributed by atoms with Gasteiger partial charge in [0, 0.05) is 12.1 Å². The summed E-state index contributed by atoms with van der Waals surface area (Å²) < 4.78 is 20.1. The maximum Gasteiger partial charge on any atom is 0.410 e. The molecule has 0 atom stereocenters. The van der Waals surface area contributed by atoms with Gasteiger partial charge in [-0.3, -0.25) is 4.68 Å². The van der Waals surface area contributed by atoms with Gasteiger partial charge >= 0.3 is 12.1 Å². The summed E-state index contributed by atoms with van der Waals surface area (Å²) in [7, 11) is 0. The van der Waals surface area contributed by atoms with Gasteiger partial charge in [0.25, 0.3) is 0 Å². The van der Waals surface area contributed by atoms with Crippen LogP contribution in [0.1, 0.15) is 48.1 Å². The summed E-state index contributed by atoms with van der Waals surface area (Å²) in [5, 5.41) is 13.7. The van der Waals surface area contributed by atoms with E-state index in [0.717, 1.165) is 5.56 Å².